The van der Waals surface area contributed by atoms with Gasteiger partial charge in [0.25, 0.3) is 0 Å². The molecular formula is C22H26N2. The van der Waals surface area contributed by atoms with Crippen molar-refractivity contribution in [2.75, 3.05) is 0 Å². The first-order valence-electron chi connectivity index (χ1n) is 8.73. The number of para-hydroxylation sites is 1. The molecule has 0 aliphatic rings. The highest BCUT2D eigenvalue weighted by Gasteiger charge is 2.18. The first-order valence-corrected chi connectivity index (χ1v) is 8.73. The molecule has 2 heteroatoms. The molecule has 0 aliphatic heterocycles. The third kappa shape index (κ3) is 2.89. The SMILES string of the molecule is Cc1ccccc1-c1nccn1-c1c(C(C)C)cccc1C(C)C. The number of rotatable bonds is 4. The Labute approximate surface area is 145 Å². The summed E-state index contributed by atoms with van der Waals surface area (Å²) < 4.78 is 2.27. The number of imidazole rings is 1. The lowest BCUT2D eigenvalue weighted by Gasteiger charge is -2.22. The minimum absolute atomic E-state index is 0.464. The highest BCUT2D eigenvalue weighted by atomic mass is 15.1. The van der Waals surface area contributed by atoms with Crippen LogP contribution in [-0.4, -0.2) is 9.55 Å². The van der Waals surface area contributed by atoms with Crippen LogP contribution in [0, 0.1) is 6.92 Å². The van der Waals surface area contributed by atoms with E-state index in [0.717, 1.165) is 5.82 Å². The summed E-state index contributed by atoms with van der Waals surface area (Å²) >= 11 is 0. The molecule has 0 N–H and O–H groups in total. The fraction of sp³-hybridized carbons (Fsp3) is 0.318. The quantitative estimate of drug-likeness (QED) is 0.569. The zero-order valence-corrected chi connectivity index (χ0v) is 15.2. The lowest BCUT2D eigenvalue weighted by atomic mass is 9.92. The van der Waals surface area contributed by atoms with Crippen molar-refractivity contribution in [1.29, 1.82) is 0 Å². The summed E-state index contributed by atoms with van der Waals surface area (Å²) in [5, 5.41) is 0. The van der Waals surface area contributed by atoms with Crippen LogP contribution in [0.25, 0.3) is 17.1 Å². The fourth-order valence-electron chi connectivity index (χ4n) is 3.30. The van der Waals surface area contributed by atoms with Gasteiger partial charge in [0, 0.05) is 18.0 Å². The standard InChI is InChI=1S/C22H26N2/c1-15(2)18-11-8-12-19(16(3)4)21(18)24-14-13-23-22(24)20-10-7-6-9-17(20)5/h6-16H,1-5H3. The van der Waals surface area contributed by atoms with Gasteiger partial charge in [0.15, 0.2) is 0 Å². The Balaban J connectivity index is 2.29. The van der Waals surface area contributed by atoms with Crippen LogP contribution in [0.2, 0.25) is 0 Å². The molecule has 0 atom stereocenters. The van der Waals surface area contributed by atoms with E-state index in [1.54, 1.807) is 0 Å². The number of aryl methyl sites for hydroxylation is 1. The first-order chi connectivity index (χ1) is 11.5. The molecule has 0 saturated carbocycles. The summed E-state index contributed by atoms with van der Waals surface area (Å²) in [5.41, 5.74) is 6.47. The summed E-state index contributed by atoms with van der Waals surface area (Å²) in [7, 11) is 0. The maximum Gasteiger partial charge on any atom is 0.144 e. The second kappa shape index (κ2) is 6.64. The number of benzene rings is 2. The Morgan fingerprint density at radius 1 is 0.833 bits per heavy atom. The smallest absolute Gasteiger partial charge is 0.144 e. The van der Waals surface area contributed by atoms with Crippen LogP contribution in [0.3, 0.4) is 0 Å². The van der Waals surface area contributed by atoms with Crippen molar-refractivity contribution in [2.45, 2.75) is 46.5 Å². The van der Waals surface area contributed by atoms with Gasteiger partial charge in [-0.1, -0.05) is 70.2 Å². The van der Waals surface area contributed by atoms with Crippen LogP contribution in [0.1, 0.15) is 56.2 Å². The third-order valence-electron chi connectivity index (χ3n) is 4.61. The molecule has 1 heterocycles. The molecule has 0 unspecified atom stereocenters. The maximum absolute atomic E-state index is 4.69. The van der Waals surface area contributed by atoms with Gasteiger partial charge in [-0.2, -0.15) is 0 Å². The van der Waals surface area contributed by atoms with E-state index >= 15 is 0 Å². The molecule has 3 aromatic rings. The van der Waals surface area contributed by atoms with Gasteiger partial charge in [-0.3, -0.25) is 4.57 Å². The predicted octanol–water partition coefficient (Wildman–Crippen LogP) is 6.09. The monoisotopic (exact) mass is 318 g/mol. The zero-order valence-electron chi connectivity index (χ0n) is 15.2. The van der Waals surface area contributed by atoms with Crippen molar-refractivity contribution >= 4 is 0 Å². The molecule has 0 spiro atoms. The van der Waals surface area contributed by atoms with E-state index in [2.05, 4.69) is 92.8 Å². The summed E-state index contributed by atoms with van der Waals surface area (Å²) in [6.07, 6.45) is 4.00. The van der Waals surface area contributed by atoms with Crippen LogP contribution in [0.4, 0.5) is 0 Å². The van der Waals surface area contributed by atoms with E-state index in [1.807, 2.05) is 6.20 Å². The fourth-order valence-corrected chi connectivity index (χ4v) is 3.30. The largest absolute Gasteiger partial charge is 0.299 e. The maximum atomic E-state index is 4.69. The van der Waals surface area contributed by atoms with E-state index in [4.69, 9.17) is 0 Å². The van der Waals surface area contributed by atoms with Crippen molar-refractivity contribution in [3.8, 4) is 17.1 Å². The molecule has 24 heavy (non-hydrogen) atoms. The molecule has 0 bridgehead atoms. The molecule has 0 radical (unpaired) electrons. The van der Waals surface area contributed by atoms with Gasteiger partial charge in [0.05, 0.1) is 5.69 Å². The minimum Gasteiger partial charge on any atom is -0.299 e. The lowest BCUT2D eigenvalue weighted by Crippen LogP contribution is -2.08. The van der Waals surface area contributed by atoms with Crippen molar-refractivity contribution in [3.63, 3.8) is 0 Å². The Hall–Kier alpha value is -2.35. The van der Waals surface area contributed by atoms with E-state index in [9.17, 15) is 0 Å². The van der Waals surface area contributed by atoms with Crippen LogP contribution in [0.5, 0.6) is 0 Å². The molecule has 2 aromatic carbocycles. The summed E-state index contributed by atoms with van der Waals surface area (Å²) in [5.74, 6) is 1.94. The number of hydrogen-bond acceptors (Lipinski definition) is 1. The van der Waals surface area contributed by atoms with Crippen LogP contribution >= 0.6 is 0 Å². The van der Waals surface area contributed by atoms with E-state index in [0.29, 0.717) is 11.8 Å². The molecule has 0 saturated heterocycles. The summed E-state index contributed by atoms with van der Waals surface area (Å²) in [6, 6.07) is 15.1. The van der Waals surface area contributed by atoms with Crippen molar-refractivity contribution in [3.05, 3.63) is 71.5 Å². The summed E-state index contributed by atoms with van der Waals surface area (Å²) in [4.78, 5) is 4.69. The first kappa shape index (κ1) is 16.5. The molecule has 1 aromatic heterocycles. The summed E-state index contributed by atoms with van der Waals surface area (Å²) in [6.45, 7) is 11.2. The van der Waals surface area contributed by atoms with Gasteiger partial charge in [-0.15, -0.1) is 0 Å². The van der Waals surface area contributed by atoms with Crippen LogP contribution in [-0.2, 0) is 0 Å². The zero-order chi connectivity index (χ0) is 17.3. The van der Waals surface area contributed by atoms with Gasteiger partial charge in [0.1, 0.15) is 5.82 Å². The van der Waals surface area contributed by atoms with Gasteiger partial charge >= 0.3 is 0 Å². The highest BCUT2D eigenvalue weighted by molar-refractivity contribution is 5.65. The topological polar surface area (TPSA) is 17.8 Å². The van der Waals surface area contributed by atoms with Gasteiger partial charge in [-0.05, 0) is 35.4 Å². The molecule has 0 amide bonds. The Morgan fingerprint density at radius 2 is 1.46 bits per heavy atom. The average Bonchev–Trinajstić information content (AvgIpc) is 3.03. The third-order valence-corrected chi connectivity index (χ3v) is 4.61. The van der Waals surface area contributed by atoms with Crippen molar-refractivity contribution in [2.24, 2.45) is 0 Å². The van der Waals surface area contributed by atoms with E-state index in [-0.39, 0.29) is 0 Å². The Morgan fingerprint density at radius 3 is 2.04 bits per heavy atom. The van der Waals surface area contributed by atoms with Crippen LogP contribution < -0.4 is 0 Å². The van der Waals surface area contributed by atoms with E-state index in [1.165, 1.54) is 27.9 Å². The second-order valence-corrected chi connectivity index (χ2v) is 7.03. The van der Waals surface area contributed by atoms with E-state index < -0.39 is 0 Å². The predicted molar refractivity (Wildman–Crippen MR) is 102 cm³/mol. The molecule has 3 rings (SSSR count). The highest BCUT2D eigenvalue weighted by Crippen LogP contribution is 2.34. The second-order valence-electron chi connectivity index (χ2n) is 7.03. The minimum atomic E-state index is 0.464. The lowest BCUT2D eigenvalue weighted by molar-refractivity contribution is 0.806. The van der Waals surface area contributed by atoms with Crippen LogP contribution in [0.15, 0.2) is 54.9 Å². The molecule has 0 fully saturated rings. The molecule has 2 nitrogen and oxygen atoms in total. The van der Waals surface area contributed by atoms with Crippen molar-refractivity contribution < 1.29 is 0 Å². The van der Waals surface area contributed by atoms with Gasteiger partial charge in [0.2, 0.25) is 0 Å². The number of hydrogen-bond donors (Lipinski definition) is 0. The normalized spacial score (nSPS) is 11.5. The molecular weight excluding hydrogens is 292 g/mol. The Kier molecular flexibility index (Phi) is 4.57. The molecule has 124 valence electrons. The van der Waals surface area contributed by atoms with Gasteiger partial charge < -0.3 is 0 Å². The number of aromatic nitrogens is 2. The van der Waals surface area contributed by atoms with Crippen molar-refractivity contribution in [1.82, 2.24) is 9.55 Å². The Bertz CT molecular complexity index is 814. The van der Waals surface area contributed by atoms with Gasteiger partial charge in [-0.25, -0.2) is 4.98 Å². The molecule has 0 aliphatic carbocycles. The average molecular weight is 318 g/mol. The number of nitrogens with zero attached hydrogens (tertiary/aromatic N) is 2.